The SMILES string of the molecule is N.N.N.N.N.N.O=C(CCCCC(=O)OC(=O)CCCCC(=O)OC(=O)C(O)C(O)C(=O)O)OC(=O)CCCCC(=O)OC(=O)C(O)C(O)C(=O)O. The lowest BCUT2D eigenvalue weighted by atomic mass is 10.2. The summed E-state index contributed by atoms with van der Waals surface area (Å²) in [5, 5.41) is 53.5. The molecule has 0 aliphatic carbocycles. The zero-order chi connectivity index (χ0) is 35.4. The summed E-state index contributed by atoms with van der Waals surface area (Å²) in [6, 6.07) is 0. The average molecular weight is 769 g/mol. The summed E-state index contributed by atoms with van der Waals surface area (Å²) >= 11 is 0. The molecule has 0 radical (unpaired) electrons. The zero-order valence-corrected chi connectivity index (χ0v) is 28.4. The molecule has 0 aliphatic rings. The van der Waals surface area contributed by atoms with E-state index in [0.29, 0.717) is 0 Å². The van der Waals surface area contributed by atoms with Gasteiger partial charge in [-0.3, -0.25) is 28.8 Å². The number of unbranched alkanes of at least 4 members (excludes halogenated alkanes) is 3. The molecule has 0 bridgehead atoms. The van der Waals surface area contributed by atoms with Crippen LogP contribution in [0.15, 0.2) is 0 Å². The molecule has 26 heteroatoms. The van der Waals surface area contributed by atoms with Crippen LogP contribution in [-0.4, -0.2) is 115 Å². The molecule has 26 nitrogen and oxygen atoms in total. The summed E-state index contributed by atoms with van der Waals surface area (Å²) in [5.74, 6) is -13.1. The summed E-state index contributed by atoms with van der Waals surface area (Å²) in [6.07, 6.45) is -11.6. The largest absolute Gasteiger partial charge is 0.479 e. The molecular formula is C26H52N6O20. The number of esters is 8. The van der Waals surface area contributed by atoms with Gasteiger partial charge in [0.05, 0.1) is 0 Å². The van der Waals surface area contributed by atoms with Crippen LogP contribution >= 0.6 is 0 Å². The van der Waals surface area contributed by atoms with E-state index in [-0.39, 0.29) is 101 Å². The van der Waals surface area contributed by atoms with Gasteiger partial charge in [-0.2, -0.15) is 0 Å². The number of carbonyl (C=O) groups excluding carboxylic acids is 8. The molecule has 24 N–H and O–H groups in total. The van der Waals surface area contributed by atoms with E-state index in [1.54, 1.807) is 0 Å². The number of carboxylic acid groups (broad SMARTS) is 2. The van der Waals surface area contributed by atoms with Crippen molar-refractivity contribution in [1.82, 2.24) is 36.9 Å². The second-order valence-corrected chi connectivity index (χ2v) is 9.36. The minimum atomic E-state index is -2.49. The molecule has 0 fully saturated rings. The van der Waals surface area contributed by atoms with E-state index in [4.69, 9.17) is 20.4 Å². The van der Waals surface area contributed by atoms with Gasteiger partial charge in [-0.1, -0.05) is 0 Å². The van der Waals surface area contributed by atoms with Crippen LogP contribution in [0.25, 0.3) is 0 Å². The van der Waals surface area contributed by atoms with Crippen molar-refractivity contribution in [2.24, 2.45) is 0 Å². The molecular weight excluding hydrogens is 716 g/mol. The van der Waals surface area contributed by atoms with Crippen LogP contribution < -0.4 is 36.9 Å². The van der Waals surface area contributed by atoms with Crippen molar-refractivity contribution in [3.63, 3.8) is 0 Å². The van der Waals surface area contributed by atoms with Gasteiger partial charge in [0.1, 0.15) is 0 Å². The molecule has 52 heavy (non-hydrogen) atoms. The van der Waals surface area contributed by atoms with Crippen LogP contribution in [-0.2, 0) is 66.9 Å². The molecule has 0 rings (SSSR count). The maximum absolute atomic E-state index is 11.7. The summed E-state index contributed by atoms with van der Waals surface area (Å²) in [5.41, 5.74) is 0. The van der Waals surface area contributed by atoms with Crippen molar-refractivity contribution >= 4 is 59.7 Å². The third kappa shape index (κ3) is 27.9. The highest BCUT2D eigenvalue weighted by atomic mass is 16.6. The highest BCUT2D eigenvalue weighted by molar-refractivity contribution is 5.92. The fourth-order valence-electron chi connectivity index (χ4n) is 3.05. The lowest BCUT2D eigenvalue weighted by molar-refractivity contribution is -0.176. The quantitative estimate of drug-likeness (QED) is 0.0274. The van der Waals surface area contributed by atoms with Crippen molar-refractivity contribution in [3.8, 4) is 0 Å². The van der Waals surface area contributed by atoms with E-state index in [1.807, 2.05) is 0 Å². The normalized spacial score (nSPS) is 11.7. The van der Waals surface area contributed by atoms with Crippen molar-refractivity contribution in [2.75, 3.05) is 0 Å². The third-order valence-corrected chi connectivity index (χ3v) is 5.51. The molecule has 4 unspecified atom stereocenters. The van der Waals surface area contributed by atoms with Crippen molar-refractivity contribution in [2.45, 2.75) is 101 Å². The average Bonchev–Trinajstić information content (AvgIpc) is 2.97. The Morgan fingerprint density at radius 2 is 0.500 bits per heavy atom. The van der Waals surface area contributed by atoms with Gasteiger partial charge in [-0.15, -0.1) is 0 Å². The lowest BCUT2D eigenvalue weighted by Crippen LogP contribution is -2.41. The van der Waals surface area contributed by atoms with E-state index in [0.717, 1.165) is 0 Å². The first-order chi connectivity index (χ1) is 21.5. The highest BCUT2D eigenvalue weighted by Gasteiger charge is 2.33. The van der Waals surface area contributed by atoms with E-state index in [2.05, 4.69) is 18.9 Å². The first-order valence-corrected chi connectivity index (χ1v) is 13.6. The van der Waals surface area contributed by atoms with Gasteiger partial charge in [0.2, 0.25) is 0 Å². The number of aliphatic carboxylic acids is 2. The lowest BCUT2D eigenvalue weighted by Gasteiger charge is -2.12. The number of ether oxygens (including phenoxy) is 4. The predicted octanol–water partition coefficient (Wildman–Crippen LogP) is -1.47. The molecule has 0 aromatic rings. The maximum atomic E-state index is 11.7. The number of rotatable bonds is 21. The molecule has 0 saturated carbocycles. The number of carboxylic acids is 2. The van der Waals surface area contributed by atoms with Gasteiger partial charge in [0, 0.05) is 38.5 Å². The number of carbonyl (C=O) groups is 10. The van der Waals surface area contributed by atoms with E-state index < -0.39 is 97.0 Å². The molecule has 306 valence electrons. The minimum absolute atomic E-state index is 0. The Morgan fingerprint density at radius 3 is 0.673 bits per heavy atom. The van der Waals surface area contributed by atoms with E-state index in [1.165, 1.54) is 0 Å². The minimum Gasteiger partial charge on any atom is -0.479 e. The first kappa shape index (κ1) is 62.2. The summed E-state index contributed by atoms with van der Waals surface area (Å²) in [4.78, 5) is 114. The van der Waals surface area contributed by atoms with Crippen molar-refractivity contribution in [1.29, 1.82) is 0 Å². The second-order valence-electron chi connectivity index (χ2n) is 9.36. The van der Waals surface area contributed by atoms with E-state index in [9.17, 15) is 58.2 Å². The molecule has 0 saturated heterocycles. The Kier molecular flexibility index (Phi) is 39.8. The summed E-state index contributed by atoms with van der Waals surface area (Å²) in [7, 11) is 0. The predicted molar refractivity (Wildman–Crippen MR) is 169 cm³/mol. The monoisotopic (exact) mass is 768 g/mol. The van der Waals surface area contributed by atoms with E-state index >= 15 is 0 Å². The van der Waals surface area contributed by atoms with Gasteiger partial charge >= 0.3 is 59.7 Å². The topological polar surface area (TPSA) is 539 Å². The number of aliphatic hydroxyl groups excluding tert-OH is 4. The Morgan fingerprint density at radius 1 is 0.327 bits per heavy atom. The molecule has 0 heterocycles. The molecule has 0 amide bonds. The summed E-state index contributed by atoms with van der Waals surface area (Å²) < 4.78 is 17.5. The fourth-order valence-corrected chi connectivity index (χ4v) is 3.05. The van der Waals surface area contributed by atoms with Crippen LogP contribution in [0, 0.1) is 0 Å². The molecule has 0 aromatic heterocycles. The van der Waals surface area contributed by atoms with Gasteiger partial charge in [-0.25, -0.2) is 19.2 Å². The summed E-state index contributed by atoms with van der Waals surface area (Å²) in [6.45, 7) is 0. The van der Waals surface area contributed by atoms with Crippen LogP contribution in [0.3, 0.4) is 0 Å². The Labute approximate surface area is 296 Å². The van der Waals surface area contributed by atoms with Gasteiger partial charge < -0.3 is 86.5 Å². The van der Waals surface area contributed by atoms with Crippen LogP contribution in [0.5, 0.6) is 0 Å². The Bertz CT molecular complexity index is 1080. The molecule has 0 aromatic carbocycles. The number of hydrogen-bond donors (Lipinski definition) is 12. The molecule has 0 spiro atoms. The van der Waals surface area contributed by atoms with Crippen LogP contribution in [0.4, 0.5) is 0 Å². The zero-order valence-electron chi connectivity index (χ0n) is 28.4. The van der Waals surface area contributed by atoms with Gasteiger partial charge in [-0.05, 0) is 38.5 Å². The number of hydrogen-bond acceptors (Lipinski definition) is 24. The second kappa shape index (κ2) is 33.3. The fraction of sp³-hybridized carbons (Fsp3) is 0.615. The van der Waals surface area contributed by atoms with Crippen molar-refractivity contribution < 1.29 is 97.5 Å². The van der Waals surface area contributed by atoms with Crippen molar-refractivity contribution in [3.05, 3.63) is 0 Å². The molecule has 0 aliphatic heterocycles. The van der Waals surface area contributed by atoms with Gasteiger partial charge in [0.15, 0.2) is 24.4 Å². The van der Waals surface area contributed by atoms with Gasteiger partial charge in [0.25, 0.3) is 0 Å². The number of aliphatic hydroxyl groups is 4. The third-order valence-electron chi connectivity index (χ3n) is 5.51. The molecule has 4 atom stereocenters. The first-order valence-electron chi connectivity index (χ1n) is 13.6. The van der Waals surface area contributed by atoms with Crippen LogP contribution in [0.2, 0.25) is 0 Å². The Hall–Kier alpha value is -4.90. The van der Waals surface area contributed by atoms with Crippen LogP contribution in [0.1, 0.15) is 77.0 Å². The standard InChI is InChI=1S/C26H34O20.6H3N/c27-13(43-15(29)9-3-5-11-17(31)45-25(41)21(35)19(33)23(37)38)7-1-2-8-14(28)44-16(30)10-4-6-12-18(32)46-26(42)22(36)20(34)24(39)40;;;;;;/h19-22,33-36H,1-12H2,(H,37,38)(H,39,40);6*1H3. The maximum Gasteiger partial charge on any atom is 0.346 e. The Balaban J connectivity index is -0.000000675. The smallest absolute Gasteiger partial charge is 0.346 e. The highest BCUT2D eigenvalue weighted by Crippen LogP contribution is 2.09.